The first-order valence-corrected chi connectivity index (χ1v) is 19.2. The predicted molar refractivity (Wildman–Crippen MR) is 280 cm³/mol. The Labute approximate surface area is 402 Å². The van der Waals surface area contributed by atoms with Crippen LogP contribution in [0.4, 0.5) is 0 Å². The van der Waals surface area contributed by atoms with Crippen molar-refractivity contribution >= 4 is 23.9 Å². The molecule has 67 heavy (non-hydrogen) atoms. The second-order valence-electron chi connectivity index (χ2n) is 14.1. The van der Waals surface area contributed by atoms with Gasteiger partial charge in [-0.3, -0.25) is 0 Å². The minimum absolute atomic E-state index is 0. The quantitative estimate of drug-likeness (QED) is 0.110. The second-order valence-corrected chi connectivity index (χ2v) is 14.1. The molecule has 7 rings (SSSR count). The summed E-state index contributed by atoms with van der Waals surface area (Å²) in [6, 6.07) is 50.1. The molecule has 0 aromatic heterocycles. The van der Waals surface area contributed by atoms with Gasteiger partial charge in [-0.15, -0.1) is 0 Å². The monoisotopic (exact) mass is 911 g/mol. The van der Waals surface area contributed by atoms with Crippen LogP contribution in [0, 0.1) is 41.5 Å². The normalized spacial score (nSPS) is 9.04. The molecule has 0 fully saturated rings. The Morgan fingerprint density at radius 1 is 0.224 bits per heavy atom. The van der Waals surface area contributed by atoms with Crippen molar-refractivity contribution in [2.24, 2.45) is 0 Å². The van der Waals surface area contributed by atoms with Crippen molar-refractivity contribution in [2.45, 2.75) is 93.5 Å². The van der Waals surface area contributed by atoms with Crippen LogP contribution in [0.3, 0.4) is 0 Å². The number of aryl methyl sites for hydroxylation is 6. The molecular weight excluding hydrogens is 837 g/mol. The van der Waals surface area contributed by atoms with Crippen LogP contribution in [0.25, 0.3) is 0 Å². The van der Waals surface area contributed by atoms with E-state index in [1.54, 1.807) is 97.1 Å². The van der Waals surface area contributed by atoms with Crippen LogP contribution >= 0.6 is 0 Å². The van der Waals surface area contributed by atoms with Gasteiger partial charge in [0.2, 0.25) is 0 Å². The highest BCUT2D eigenvalue weighted by atomic mass is 16.5. The second kappa shape index (κ2) is 31.3. The Bertz CT molecular complexity index is 2310. The van der Waals surface area contributed by atoms with Crippen molar-refractivity contribution < 1.29 is 38.1 Å². The lowest BCUT2D eigenvalue weighted by Gasteiger charge is -2.07. The van der Waals surface area contributed by atoms with Gasteiger partial charge < -0.3 is 18.9 Å². The van der Waals surface area contributed by atoms with E-state index in [2.05, 4.69) is 0 Å². The van der Waals surface area contributed by atoms with Gasteiger partial charge >= 0.3 is 23.9 Å². The summed E-state index contributed by atoms with van der Waals surface area (Å²) < 4.78 is 21.2. The van der Waals surface area contributed by atoms with Crippen molar-refractivity contribution in [1.29, 1.82) is 0 Å². The lowest BCUT2D eigenvalue weighted by atomic mass is 10.1. The van der Waals surface area contributed by atoms with Gasteiger partial charge in [-0.1, -0.05) is 158 Å². The van der Waals surface area contributed by atoms with E-state index < -0.39 is 11.9 Å². The van der Waals surface area contributed by atoms with Gasteiger partial charge in [0.1, 0.15) is 23.0 Å². The molecule has 8 nitrogen and oxygen atoms in total. The van der Waals surface area contributed by atoms with Crippen molar-refractivity contribution in [3.05, 3.63) is 225 Å². The van der Waals surface area contributed by atoms with E-state index in [1.165, 1.54) is 0 Å². The topological polar surface area (TPSA) is 105 Å². The standard InChI is InChI=1S/C22H18O4.2C15H14O2.7CH4/c1-15-3-7-17(8-4-15)21(23)25-19-11-13-20(14-12-19)26-22(24)18-9-5-16(2)6-10-18;2*1-11-3-7-13(8-4-11)15(16)17-14-9-5-12(2)6-10-14;;;;;;;/h3-14H,1-2H3;2*3-10H,1-2H3;7*1H4. The molecule has 0 N–H and O–H groups in total. The van der Waals surface area contributed by atoms with E-state index in [0.717, 1.165) is 33.4 Å². The van der Waals surface area contributed by atoms with Crippen LogP contribution in [-0.2, 0) is 0 Å². The summed E-state index contributed by atoms with van der Waals surface area (Å²) in [5.74, 6) is 0.380. The fraction of sp³-hybridized carbons (Fsp3) is 0.220. The van der Waals surface area contributed by atoms with E-state index in [9.17, 15) is 19.2 Å². The van der Waals surface area contributed by atoms with Gasteiger partial charge in [0, 0.05) is 0 Å². The third-order valence-electron chi connectivity index (χ3n) is 8.86. The van der Waals surface area contributed by atoms with Crippen LogP contribution in [0.5, 0.6) is 23.0 Å². The third kappa shape index (κ3) is 20.9. The van der Waals surface area contributed by atoms with Gasteiger partial charge in [0.05, 0.1) is 22.3 Å². The number of benzene rings is 7. The minimum atomic E-state index is -0.436. The molecule has 0 atom stereocenters. The molecule has 0 aliphatic heterocycles. The Hall–Kier alpha value is -7.58. The van der Waals surface area contributed by atoms with Crippen molar-refractivity contribution in [1.82, 2.24) is 0 Å². The molecule has 0 unspecified atom stereocenters. The summed E-state index contributed by atoms with van der Waals surface area (Å²) in [5.41, 5.74) is 8.75. The van der Waals surface area contributed by atoms with Crippen molar-refractivity contribution in [3.63, 3.8) is 0 Å². The van der Waals surface area contributed by atoms with Crippen molar-refractivity contribution in [3.8, 4) is 23.0 Å². The number of esters is 4. The van der Waals surface area contributed by atoms with E-state index in [4.69, 9.17) is 18.9 Å². The lowest BCUT2D eigenvalue weighted by molar-refractivity contribution is 0.0719. The number of carbonyl (C=O) groups excluding carboxylic acids is 4. The molecule has 0 amide bonds. The van der Waals surface area contributed by atoms with E-state index in [-0.39, 0.29) is 63.9 Å². The van der Waals surface area contributed by atoms with Crippen LogP contribution in [-0.4, -0.2) is 23.9 Å². The zero-order valence-electron chi connectivity index (χ0n) is 34.4. The maximum absolute atomic E-state index is 12.1. The average Bonchev–Trinajstić information content (AvgIpc) is 3.24. The van der Waals surface area contributed by atoms with Gasteiger partial charge in [-0.25, -0.2) is 19.2 Å². The Morgan fingerprint density at radius 3 is 0.493 bits per heavy atom. The molecule has 0 saturated carbocycles. The first kappa shape index (κ1) is 63.7. The molecule has 7 aromatic carbocycles. The molecule has 8 heteroatoms. The fourth-order valence-corrected chi connectivity index (χ4v) is 5.21. The fourth-order valence-electron chi connectivity index (χ4n) is 5.21. The number of hydrogen-bond acceptors (Lipinski definition) is 8. The summed E-state index contributed by atoms with van der Waals surface area (Å²) in [4.78, 5) is 47.8. The highest BCUT2D eigenvalue weighted by molar-refractivity contribution is 5.93. The molecule has 0 spiro atoms. The molecule has 0 aliphatic rings. The smallest absolute Gasteiger partial charge is 0.343 e. The third-order valence-corrected chi connectivity index (χ3v) is 8.86. The van der Waals surface area contributed by atoms with Gasteiger partial charge in [0.15, 0.2) is 0 Å². The molecular formula is C59H74O8. The highest BCUT2D eigenvalue weighted by Gasteiger charge is 2.12. The molecule has 0 saturated heterocycles. The number of rotatable bonds is 8. The summed E-state index contributed by atoms with van der Waals surface area (Å²) in [6.07, 6.45) is 0. The predicted octanol–water partition coefficient (Wildman–Crippen LogP) is 16.2. The van der Waals surface area contributed by atoms with Crippen LogP contribution in [0.2, 0.25) is 0 Å². The minimum Gasteiger partial charge on any atom is -0.423 e. The van der Waals surface area contributed by atoms with Crippen LogP contribution < -0.4 is 18.9 Å². The zero-order chi connectivity index (χ0) is 43.0. The van der Waals surface area contributed by atoms with Gasteiger partial charge in [-0.2, -0.15) is 0 Å². The molecule has 0 aliphatic carbocycles. The molecule has 0 radical (unpaired) electrons. The first-order chi connectivity index (χ1) is 28.8. The SMILES string of the molecule is C.C.C.C.C.C.C.Cc1ccc(C(=O)Oc2ccc(OC(=O)c3ccc(C)cc3)cc2)cc1.Cc1ccc(OC(=O)c2ccc(C)cc2)cc1.Cc1ccc(OC(=O)c2ccc(C)cc2)cc1. The Kier molecular flexibility index (Phi) is 29.8. The van der Waals surface area contributed by atoms with Gasteiger partial charge in [-0.05, 0) is 139 Å². The zero-order valence-corrected chi connectivity index (χ0v) is 34.4. The lowest BCUT2D eigenvalue weighted by Crippen LogP contribution is -2.09. The molecule has 0 heterocycles. The van der Waals surface area contributed by atoms with Gasteiger partial charge in [0.25, 0.3) is 0 Å². The molecule has 0 bridgehead atoms. The van der Waals surface area contributed by atoms with E-state index in [1.807, 2.05) is 114 Å². The molecule has 7 aromatic rings. The van der Waals surface area contributed by atoms with Crippen LogP contribution in [0.1, 0.15) is 127 Å². The van der Waals surface area contributed by atoms with E-state index >= 15 is 0 Å². The summed E-state index contributed by atoms with van der Waals surface area (Å²) in [6.45, 7) is 11.8. The first-order valence-electron chi connectivity index (χ1n) is 19.2. The maximum Gasteiger partial charge on any atom is 0.343 e. The van der Waals surface area contributed by atoms with Crippen LogP contribution in [0.15, 0.2) is 170 Å². The number of carbonyl (C=O) groups is 4. The average molecular weight is 911 g/mol. The summed E-state index contributed by atoms with van der Waals surface area (Å²) in [5, 5.41) is 0. The molecule has 358 valence electrons. The highest BCUT2D eigenvalue weighted by Crippen LogP contribution is 2.21. The Balaban J connectivity index is -0.000000898. The summed E-state index contributed by atoms with van der Waals surface area (Å²) >= 11 is 0. The number of hydrogen-bond donors (Lipinski definition) is 0. The summed E-state index contributed by atoms with van der Waals surface area (Å²) in [7, 11) is 0. The number of ether oxygens (including phenoxy) is 4. The largest absolute Gasteiger partial charge is 0.423 e. The Morgan fingerprint density at radius 2 is 0.343 bits per heavy atom. The van der Waals surface area contributed by atoms with Crippen molar-refractivity contribution in [2.75, 3.05) is 0 Å². The maximum atomic E-state index is 12.1. The van der Waals surface area contributed by atoms with E-state index in [0.29, 0.717) is 45.3 Å².